The summed E-state index contributed by atoms with van der Waals surface area (Å²) in [5, 5.41) is 2.68. The molecule has 0 bridgehead atoms. The maximum Gasteiger partial charge on any atom is 0.407 e. The van der Waals surface area contributed by atoms with Crippen molar-refractivity contribution in [1.82, 2.24) is 5.32 Å². The molecule has 0 aromatic rings. The van der Waals surface area contributed by atoms with E-state index in [-0.39, 0.29) is 12.7 Å². The van der Waals surface area contributed by atoms with Gasteiger partial charge in [0.25, 0.3) is 0 Å². The highest BCUT2D eigenvalue weighted by molar-refractivity contribution is 5.67. The lowest BCUT2D eigenvalue weighted by Gasteiger charge is -2.18. The van der Waals surface area contributed by atoms with E-state index < -0.39 is 6.09 Å². The van der Waals surface area contributed by atoms with E-state index >= 15 is 0 Å². The number of methoxy groups -OCH3 is 2. The molecule has 8 nitrogen and oxygen atoms in total. The van der Waals surface area contributed by atoms with Crippen LogP contribution in [0, 0.1) is 0 Å². The highest BCUT2D eigenvalue weighted by Gasteiger charge is 2.13. The molecule has 0 spiro atoms. The topological polar surface area (TPSA) is 84.5 Å². The van der Waals surface area contributed by atoms with Crippen LogP contribution in [0.3, 0.4) is 0 Å². The molecule has 0 saturated heterocycles. The van der Waals surface area contributed by atoms with Gasteiger partial charge in [-0.05, 0) is 12.8 Å². The molecule has 0 aromatic carbocycles. The SMILES string of the molecule is CCCOCCCNC(=O)OCC(COCCOC)OCCOC. The zero-order valence-corrected chi connectivity index (χ0v) is 15.2. The summed E-state index contributed by atoms with van der Waals surface area (Å²) in [5.41, 5.74) is 0. The van der Waals surface area contributed by atoms with Crippen LogP contribution >= 0.6 is 0 Å². The molecule has 0 rings (SSSR count). The van der Waals surface area contributed by atoms with Crippen LogP contribution in [0.15, 0.2) is 0 Å². The molecule has 1 amide bonds. The van der Waals surface area contributed by atoms with Gasteiger partial charge in [0.2, 0.25) is 0 Å². The summed E-state index contributed by atoms with van der Waals surface area (Å²) in [6.07, 6.45) is 0.938. The van der Waals surface area contributed by atoms with Crippen molar-refractivity contribution in [3.63, 3.8) is 0 Å². The maximum absolute atomic E-state index is 11.6. The van der Waals surface area contributed by atoms with Crippen LogP contribution in [0.2, 0.25) is 0 Å². The fourth-order valence-electron chi connectivity index (χ4n) is 1.63. The first-order valence-corrected chi connectivity index (χ1v) is 8.40. The fourth-order valence-corrected chi connectivity index (χ4v) is 1.63. The molecule has 0 aromatic heterocycles. The maximum atomic E-state index is 11.6. The Morgan fingerprint density at radius 1 is 0.917 bits per heavy atom. The minimum atomic E-state index is -0.470. The molecule has 24 heavy (non-hydrogen) atoms. The number of carbonyl (C=O) groups is 1. The van der Waals surface area contributed by atoms with Crippen molar-refractivity contribution in [2.45, 2.75) is 25.9 Å². The van der Waals surface area contributed by atoms with E-state index in [0.29, 0.717) is 46.2 Å². The minimum Gasteiger partial charge on any atom is -0.447 e. The number of alkyl carbamates (subject to hydrolysis) is 1. The third-order valence-corrected chi connectivity index (χ3v) is 2.86. The quantitative estimate of drug-likeness (QED) is 0.394. The molecule has 0 aliphatic heterocycles. The first kappa shape index (κ1) is 23.1. The monoisotopic (exact) mass is 351 g/mol. The predicted octanol–water partition coefficient (Wildman–Crippen LogP) is 1.22. The Hall–Kier alpha value is -0.930. The number of ether oxygens (including phenoxy) is 6. The molecule has 0 radical (unpaired) electrons. The van der Waals surface area contributed by atoms with Crippen LogP contribution in [0.1, 0.15) is 19.8 Å². The fraction of sp³-hybridized carbons (Fsp3) is 0.938. The normalized spacial score (nSPS) is 12.1. The molecule has 1 atom stereocenters. The molecule has 0 saturated carbocycles. The van der Waals surface area contributed by atoms with Gasteiger partial charge in [0, 0.05) is 34.0 Å². The van der Waals surface area contributed by atoms with Crippen LogP contribution in [-0.4, -0.2) is 85.8 Å². The zero-order valence-electron chi connectivity index (χ0n) is 15.2. The van der Waals surface area contributed by atoms with Crippen molar-refractivity contribution >= 4 is 6.09 Å². The van der Waals surface area contributed by atoms with Crippen LogP contribution < -0.4 is 5.32 Å². The van der Waals surface area contributed by atoms with Crippen LogP contribution in [-0.2, 0) is 28.4 Å². The highest BCUT2D eigenvalue weighted by atomic mass is 16.6. The van der Waals surface area contributed by atoms with Gasteiger partial charge < -0.3 is 33.7 Å². The summed E-state index contributed by atoms with van der Waals surface area (Å²) >= 11 is 0. The van der Waals surface area contributed by atoms with Crippen molar-refractivity contribution in [3.8, 4) is 0 Å². The van der Waals surface area contributed by atoms with Crippen molar-refractivity contribution < 1.29 is 33.2 Å². The number of hydrogen-bond donors (Lipinski definition) is 1. The summed E-state index contributed by atoms with van der Waals surface area (Å²) < 4.78 is 31.3. The Kier molecular flexibility index (Phi) is 17.7. The van der Waals surface area contributed by atoms with Gasteiger partial charge in [0.05, 0.1) is 33.0 Å². The molecule has 1 N–H and O–H groups in total. The molecule has 0 fully saturated rings. The summed E-state index contributed by atoms with van der Waals surface area (Å²) in [7, 11) is 3.21. The first-order chi connectivity index (χ1) is 11.7. The summed E-state index contributed by atoms with van der Waals surface area (Å²) in [5.74, 6) is 0. The van der Waals surface area contributed by atoms with Crippen molar-refractivity contribution in [2.75, 3.05) is 73.6 Å². The van der Waals surface area contributed by atoms with Crippen LogP contribution in [0.5, 0.6) is 0 Å². The van der Waals surface area contributed by atoms with Crippen molar-refractivity contribution in [3.05, 3.63) is 0 Å². The Bertz CT molecular complexity index is 279. The van der Waals surface area contributed by atoms with E-state index in [9.17, 15) is 4.79 Å². The second-order valence-corrected chi connectivity index (χ2v) is 5.04. The lowest BCUT2D eigenvalue weighted by atomic mass is 10.4. The Balaban J connectivity index is 3.80. The lowest BCUT2D eigenvalue weighted by molar-refractivity contribution is -0.0624. The Labute approximate surface area is 145 Å². The van der Waals surface area contributed by atoms with Gasteiger partial charge in [0.15, 0.2) is 0 Å². The number of hydrogen-bond acceptors (Lipinski definition) is 7. The Morgan fingerprint density at radius 2 is 1.67 bits per heavy atom. The molecule has 0 heterocycles. The van der Waals surface area contributed by atoms with Gasteiger partial charge in [-0.25, -0.2) is 4.79 Å². The molecular weight excluding hydrogens is 318 g/mol. The molecule has 0 aliphatic carbocycles. The second-order valence-electron chi connectivity index (χ2n) is 5.04. The van der Waals surface area contributed by atoms with Gasteiger partial charge in [0.1, 0.15) is 12.7 Å². The van der Waals surface area contributed by atoms with E-state index in [4.69, 9.17) is 28.4 Å². The van der Waals surface area contributed by atoms with E-state index in [2.05, 4.69) is 12.2 Å². The number of nitrogens with one attached hydrogen (secondary N) is 1. The first-order valence-electron chi connectivity index (χ1n) is 8.40. The van der Waals surface area contributed by atoms with Crippen LogP contribution in [0.4, 0.5) is 4.79 Å². The third kappa shape index (κ3) is 15.9. The number of carbonyl (C=O) groups excluding carboxylic acids is 1. The Morgan fingerprint density at radius 3 is 2.38 bits per heavy atom. The van der Waals surface area contributed by atoms with E-state index in [1.54, 1.807) is 14.2 Å². The average molecular weight is 351 g/mol. The minimum absolute atomic E-state index is 0.120. The number of amides is 1. The molecule has 0 aliphatic rings. The molecule has 8 heteroatoms. The van der Waals surface area contributed by atoms with Gasteiger partial charge in [-0.15, -0.1) is 0 Å². The average Bonchev–Trinajstić information content (AvgIpc) is 2.59. The smallest absolute Gasteiger partial charge is 0.407 e. The standard InChI is InChI=1S/C16H33NO7/c1-4-7-21-8-5-6-17-16(18)24-14-15(23-12-10-20-3)13-22-11-9-19-2/h15H,4-14H2,1-3H3,(H,17,18). The molecular formula is C16H33NO7. The van der Waals surface area contributed by atoms with Gasteiger partial charge in [-0.2, -0.15) is 0 Å². The van der Waals surface area contributed by atoms with Gasteiger partial charge >= 0.3 is 6.09 Å². The predicted molar refractivity (Wildman–Crippen MR) is 89.4 cm³/mol. The second kappa shape index (κ2) is 18.4. The molecule has 144 valence electrons. The summed E-state index contributed by atoms with van der Waals surface area (Å²) in [4.78, 5) is 11.6. The summed E-state index contributed by atoms with van der Waals surface area (Å²) in [6, 6.07) is 0. The number of rotatable bonds is 17. The molecule has 1 unspecified atom stereocenters. The largest absolute Gasteiger partial charge is 0.447 e. The van der Waals surface area contributed by atoms with E-state index in [0.717, 1.165) is 19.4 Å². The third-order valence-electron chi connectivity index (χ3n) is 2.86. The van der Waals surface area contributed by atoms with Gasteiger partial charge in [-0.1, -0.05) is 6.92 Å². The van der Waals surface area contributed by atoms with Crippen LogP contribution in [0.25, 0.3) is 0 Å². The zero-order chi connectivity index (χ0) is 17.9. The highest BCUT2D eigenvalue weighted by Crippen LogP contribution is 1.97. The lowest BCUT2D eigenvalue weighted by Crippen LogP contribution is -2.33. The van der Waals surface area contributed by atoms with Gasteiger partial charge in [-0.3, -0.25) is 0 Å². The summed E-state index contributed by atoms with van der Waals surface area (Å²) in [6.45, 7) is 6.24. The van der Waals surface area contributed by atoms with Crippen molar-refractivity contribution in [2.24, 2.45) is 0 Å². The van der Waals surface area contributed by atoms with E-state index in [1.807, 2.05) is 0 Å². The van der Waals surface area contributed by atoms with E-state index in [1.165, 1.54) is 0 Å². The van der Waals surface area contributed by atoms with Crippen molar-refractivity contribution in [1.29, 1.82) is 0 Å².